The van der Waals surface area contributed by atoms with Gasteiger partial charge in [0.2, 0.25) is 5.91 Å². The number of likely N-dealkylation sites (tertiary alicyclic amines) is 1. The number of halogens is 2. The molecule has 1 aliphatic rings. The largest absolute Gasteiger partial charge is 0.399 e. The highest BCUT2D eigenvalue weighted by atomic mass is 35.5. The number of aromatic nitrogens is 1. The van der Waals surface area contributed by atoms with Gasteiger partial charge in [-0.05, 0) is 30.2 Å². The van der Waals surface area contributed by atoms with Crippen LogP contribution < -0.4 is 11.1 Å². The average molecular weight is 414 g/mol. The fourth-order valence-corrected chi connectivity index (χ4v) is 2.82. The zero-order valence-corrected chi connectivity index (χ0v) is 16.0. The van der Waals surface area contributed by atoms with E-state index in [1.807, 2.05) is 17.0 Å². The summed E-state index contributed by atoms with van der Waals surface area (Å²) < 4.78 is 0. The van der Waals surface area contributed by atoms with Crippen molar-refractivity contribution in [3.8, 4) is 0 Å². The van der Waals surface area contributed by atoms with Gasteiger partial charge in [0.15, 0.2) is 0 Å². The minimum absolute atomic E-state index is 0. The highest BCUT2D eigenvalue weighted by Crippen LogP contribution is 2.18. The molecule has 0 spiro atoms. The predicted octanol–water partition coefficient (Wildman–Crippen LogP) is 2.67. The minimum Gasteiger partial charge on any atom is -0.399 e. The summed E-state index contributed by atoms with van der Waals surface area (Å²) in [7, 11) is 0. The number of anilines is 2. The van der Waals surface area contributed by atoms with Gasteiger partial charge in [0.25, 0.3) is 5.69 Å². The fourth-order valence-electron chi connectivity index (χ4n) is 2.82. The van der Waals surface area contributed by atoms with Crippen LogP contribution in [0.1, 0.15) is 12.0 Å². The van der Waals surface area contributed by atoms with E-state index in [0.29, 0.717) is 31.0 Å². The van der Waals surface area contributed by atoms with Crippen molar-refractivity contribution in [3.63, 3.8) is 0 Å². The van der Waals surface area contributed by atoms with Crippen LogP contribution in [-0.4, -0.2) is 39.8 Å². The molecule has 0 aliphatic carbocycles. The van der Waals surface area contributed by atoms with E-state index < -0.39 is 4.92 Å². The number of carbonyl (C=O) groups is 1. The summed E-state index contributed by atoms with van der Waals surface area (Å²) >= 11 is 0. The van der Waals surface area contributed by atoms with Gasteiger partial charge >= 0.3 is 0 Å². The maximum absolute atomic E-state index is 12.4. The van der Waals surface area contributed by atoms with Crippen LogP contribution in [0.3, 0.4) is 0 Å². The van der Waals surface area contributed by atoms with E-state index >= 15 is 0 Å². The molecule has 0 radical (unpaired) electrons. The van der Waals surface area contributed by atoms with Crippen LogP contribution >= 0.6 is 24.8 Å². The van der Waals surface area contributed by atoms with Crippen LogP contribution in [0.2, 0.25) is 0 Å². The first kappa shape index (κ1) is 22.5. The smallest absolute Gasteiger partial charge is 0.287 e. The molecule has 3 N–H and O–H groups in total. The summed E-state index contributed by atoms with van der Waals surface area (Å²) in [6, 6.07) is 10.4. The van der Waals surface area contributed by atoms with Crippen molar-refractivity contribution in [3.05, 3.63) is 58.3 Å². The number of carbonyl (C=O) groups excluding carboxylic acids is 1. The zero-order chi connectivity index (χ0) is 17.8. The fraction of sp³-hybridized carbons (Fsp3) is 0.294. The van der Waals surface area contributed by atoms with Crippen molar-refractivity contribution in [2.75, 3.05) is 24.1 Å². The Morgan fingerprint density at radius 2 is 1.96 bits per heavy atom. The highest BCUT2D eigenvalue weighted by Gasteiger charge is 2.26. The standard InChI is InChI=1S/C17H19N5O3.2ClH/c18-13-3-1-12(2-4-13)9-17(23)21-8-7-14(11-21)20-16-6-5-15(10-19-16)22(24)25;;/h1-6,10,14H,7-9,11,18H2,(H,19,20);2*1H. The van der Waals surface area contributed by atoms with Crippen molar-refractivity contribution in [2.45, 2.75) is 18.9 Å². The number of nitrogens with two attached hydrogens (primary N) is 1. The number of rotatable bonds is 5. The van der Waals surface area contributed by atoms with Crippen LogP contribution in [0.4, 0.5) is 17.2 Å². The summed E-state index contributed by atoms with van der Waals surface area (Å²) in [6.07, 6.45) is 2.39. The lowest BCUT2D eigenvalue weighted by atomic mass is 10.1. The molecular weight excluding hydrogens is 393 g/mol. The van der Waals surface area contributed by atoms with Gasteiger partial charge in [-0.1, -0.05) is 12.1 Å². The first-order valence-corrected chi connectivity index (χ1v) is 8.00. The summed E-state index contributed by atoms with van der Waals surface area (Å²) in [4.78, 5) is 28.4. The van der Waals surface area contributed by atoms with E-state index in [1.165, 1.54) is 12.3 Å². The molecule has 10 heteroatoms. The number of hydrogen-bond acceptors (Lipinski definition) is 6. The second kappa shape index (κ2) is 9.94. The maximum Gasteiger partial charge on any atom is 0.287 e. The highest BCUT2D eigenvalue weighted by molar-refractivity contribution is 5.85. The second-order valence-electron chi connectivity index (χ2n) is 6.05. The molecule has 1 amide bonds. The van der Waals surface area contributed by atoms with Gasteiger partial charge in [-0.2, -0.15) is 0 Å². The lowest BCUT2D eigenvalue weighted by molar-refractivity contribution is -0.385. The van der Waals surface area contributed by atoms with Gasteiger partial charge in [0.05, 0.1) is 11.3 Å². The molecule has 1 saturated heterocycles. The van der Waals surface area contributed by atoms with E-state index in [0.717, 1.165) is 12.0 Å². The molecule has 27 heavy (non-hydrogen) atoms. The molecule has 1 aromatic carbocycles. The van der Waals surface area contributed by atoms with Crippen molar-refractivity contribution in [1.29, 1.82) is 0 Å². The number of nitrogens with one attached hydrogen (secondary N) is 1. The molecule has 1 atom stereocenters. The summed E-state index contributed by atoms with van der Waals surface area (Å²) in [5.74, 6) is 0.647. The lowest BCUT2D eigenvalue weighted by Gasteiger charge is -2.17. The molecule has 0 saturated carbocycles. The molecule has 146 valence electrons. The molecule has 1 unspecified atom stereocenters. The third-order valence-corrected chi connectivity index (χ3v) is 4.19. The number of nitrogens with zero attached hydrogens (tertiary/aromatic N) is 3. The molecule has 1 fully saturated rings. The number of pyridine rings is 1. The summed E-state index contributed by atoms with van der Waals surface area (Å²) in [5, 5.41) is 13.9. The van der Waals surface area contributed by atoms with Gasteiger partial charge in [-0.25, -0.2) is 4.98 Å². The topological polar surface area (TPSA) is 114 Å². The first-order chi connectivity index (χ1) is 12.0. The average Bonchev–Trinajstić information content (AvgIpc) is 3.06. The molecule has 3 rings (SSSR count). The van der Waals surface area contributed by atoms with E-state index in [1.54, 1.807) is 18.2 Å². The molecule has 0 bridgehead atoms. The van der Waals surface area contributed by atoms with Crippen LogP contribution in [0.5, 0.6) is 0 Å². The van der Waals surface area contributed by atoms with E-state index in [2.05, 4.69) is 10.3 Å². The van der Waals surface area contributed by atoms with Crippen LogP contribution in [0.15, 0.2) is 42.6 Å². The van der Waals surface area contributed by atoms with E-state index in [4.69, 9.17) is 5.73 Å². The van der Waals surface area contributed by atoms with Gasteiger partial charge in [-0.15, -0.1) is 24.8 Å². The SMILES string of the molecule is Cl.Cl.Nc1ccc(CC(=O)N2CCC(Nc3ccc([N+](=O)[O-])cn3)C2)cc1. The second-order valence-corrected chi connectivity index (χ2v) is 6.05. The van der Waals surface area contributed by atoms with E-state index in [-0.39, 0.29) is 42.5 Å². The van der Waals surface area contributed by atoms with Crippen molar-refractivity contribution in [2.24, 2.45) is 0 Å². The number of nitrogen functional groups attached to an aromatic ring is 1. The molecule has 1 aromatic heterocycles. The monoisotopic (exact) mass is 413 g/mol. The molecule has 2 aromatic rings. The Hall–Kier alpha value is -2.58. The number of amides is 1. The Morgan fingerprint density at radius 3 is 2.56 bits per heavy atom. The van der Waals surface area contributed by atoms with Crippen molar-refractivity contribution in [1.82, 2.24) is 9.88 Å². The number of hydrogen-bond donors (Lipinski definition) is 2. The Morgan fingerprint density at radius 1 is 1.26 bits per heavy atom. The Bertz CT molecular complexity index is 771. The Kier molecular flexibility index (Phi) is 8.27. The third-order valence-electron chi connectivity index (χ3n) is 4.19. The zero-order valence-electron chi connectivity index (χ0n) is 14.4. The van der Waals surface area contributed by atoms with Gasteiger partial charge in [0, 0.05) is 30.9 Å². The summed E-state index contributed by atoms with van der Waals surface area (Å²) in [6.45, 7) is 1.27. The van der Waals surface area contributed by atoms with Crippen molar-refractivity contribution < 1.29 is 9.72 Å². The quantitative estimate of drug-likeness (QED) is 0.442. The first-order valence-electron chi connectivity index (χ1n) is 8.00. The van der Waals surface area contributed by atoms with E-state index in [9.17, 15) is 14.9 Å². The Labute approximate surface area is 169 Å². The molecular formula is C17H21Cl2N5O3. The van der Waals surface area contributed by atoms with Crippen LogP contribution in [0, 0.1) is 10.1 Å². The molecule has 2 heterocycles. The number of benzene rings is 1. The lowest BCUT2D eigenvalue weighted by Crippen LogP contribution is -2.32. The molecule has 1 aliphatic heterocycles. The minimum atomic E-state index is -0.482. The van der Waals surface area contributed by atoms with Crippen LogP contribution in [0.25, 0.3) is 0 Å². The van der Waals surface area contributed by atoms with Gasteiger partial charge in [0.1, 0.15) is 12.0 Å². The third kappa shape index (κ3) is 5.97. The van der Waals surface area contributed by atoms with Crippen molar-refractivity contribution >= 4 is 47.9 Å². The normalized spacial score (nSPS) is 15.4. The van der Waals surface area contributed by atoms with Gasteiger partial charge < -0.3 is 16.0 Å². The Balaban J connectivity index is 0.00000182. The predicted molar refractivity (Wildman–Crippen MR) is 109 cm³/mol. The summed E-state index contributed by atoms with van der Waals surface area (Å²) in [5.41, 5.74) is 7.22. The molecule has 8 nitrogen and oxygen atoms in total. The maximum atomic E-state index is 12.4. The van der Waals surface area contributed by atoms with Gasteiger partial charge in [-0.3, -0.25) is 14.9 Å². The number of nitro groups is 1. The van der Waals surface area contributed by atoms with Crippen LogP contribution in [-0.2, 0) is 11.2 Å².